The minimum atomic E-state index is -0.865. The molecule has 0 aromatic carbocycles. The predicted molar refractivity (Wildman–Crippen MR) is 76.7 cm³/mol. The number of carbonyl (C=O) groups excluding carboxylic acids is 1. The number of rotatable bonds is 8. The first-order chi connectivity index (χ1) is 8.92. The molecule has 0 aliphatic carbocycles. The van der Waals surface area contributed by atoms with Crippen molar-refractivity contribution in [2.24, 2.45) is 17.4 Å². The van der Waals surface area contributed by atoms with Gasteiger partial charge >= 0.3 is 0 Å². The van der Waals surface area contributed by atoms with Crippen LogP contribution in [-0.4, -0.2) is 49.7 Å². The van der Waals surface area contributed by atoms with E-state index in [1.165, 1.54) is 12.8 Å². The summed E-state index contributed by atoms with van der Waals surface area (Å²) in [6.45, 7) is 5.65. The van der Waals surface area contributed by atoms with E-state index in [0.717, 1.165) is 39.1 Å². The van der Waals surface area contributed by atoms with Gasteiger partial charge in [0.15, 0.2) is 0 Å². The van der Waals surface area contributed by atoms with Crippen LogP contribution in [0.15, 0.2) is 0 Å². The third-order valence-corrected chi connectivity index (χ3v) is 3.87. The molecule has 1 saturated heterocycles. The van der Waals surface area contributed by atoms with E-state index in [2.05, 4.69) is 11.9 Å². The summed E-state index contributed by atoms with van der Waals surface area (Å²) in [6.07, 6.45) is 5.09. The largest absolute Gasteiger partial charge is 0.381 e. The van der Waals surface area contributed by atoms with Crippen LogP contribution in [0.1, 0.15) is 39.0 Å². The van der Waals surface area contributed by atoms with Crippen LogP contribution in [0, 0.1) is 5.92 Å². The van der Waals surface area contributed by atoms with Gasteiger partial charge in [0.25, 0.3) is 0 Å². The van der Waals surface area contributed by atoms with Crippen LogP contribution >= 0.6 is 0 Å². The summed E-state index contributed by atoms with van der Waals surface area (Å²) < 4.78 is 5.49. The second-order valence-corrected chi connectivity index (χ2v) is 6.08. The zero-order chi connectivity index (χ0) is 14.3. The lowest BCUT2D eigenvalue weighted by atomic mass is 9.95. The van der Waals surface area contributed by atoms with Crippen LogP contribution in [-0.2, 0) is 9.53 Å². The predicted octanol–water partition coefficient (Wildman–Crippen LogP) is 0.718. The second kappa shape index (κ2) is 7.82. The zero-order valence-electron chi connectivity index (χ0n) is 12.4. The van der Waals surface area contributed by atoms with E-state index >= 15 is 0 Å². The first kappa shape index (κ1) is 16.4. The lowest BCUT2D eigenvalue weighted by Crippen LogP contribution is -2.49. The van der Waals surface area contributed by atoms with Gasteiger partial charge in [0, 0.05) is 13.2 Å². The molecule has 0 spiro atoms. The fourth-order valence-electron chi connectivity index (χ4n) is 2.48. The Kier molecular flexibility index (Phi) is 6.75. The third-order valence-electron chi connectivity index (χ3n) is 3.87. The number of hydrogen-bond acceptors (Lipinski definition) is 4. The van der Waals surface area contributed by atoms with E-state index in [0.29, 0.717) is 12.3 Å². The number of primary amides is 1. The number of amides is 1. The molecule has 1 rings (SSSR count). The molecule has 1 aliphatic heterocycles. The molecule has 0 radical (unpaired) electrons. The SMILES string of the molecule is CN(CCCCC(C)(N)C(N)=O)CC1CCCOC1. The maximum atomic E-state index is 11.1. The fourth-order valence-corrected chi connectivity index (χ4v) is 2.48. The summed E-state index contributed by atoms with van der Waals surface area (Å²) in [4.78, 5) is 13.4. The molecule has 5 nitrogen and oxygen atoms in total. The smallest absolute Gasteiger partial charge is 0.237 e. The Bertz CT molecular complexity index is 276. The molecule has 0 saturated carbocycles. The quantitative estimate of drug-likeness (QED) is 0.637. The molecule has 19 heavy (non-hydrogen) atoms. The van der Waals surface area contributed by atoms with Gasteiger partial charge in [0.2, 0.25) is 5.91 Å². The van der Waals surface area contributed by atoms with Crippen molar-refractivity contribution in [1.82, 2.24) is 4.90 Å². The molecule has 112 valence electrons. The molecule has 1 fully saturated rings. The van der Waals surface area contributed by atoms with Crippen LogP contribution in [0.5, 0.6) is 0 Å². The molecule has 0 bridgehead atoms. The first-order valence-corrected chi connectivity index (χ1v) is 7.27. The van der Waals surface area contributed by atoms with Crippen molar-refractivity contribution >= 4 is 5.91 Å². The summed E-state index contributed by atoms with van der Waals surface area (Å²) in [5.74, 6) is 0.254. The average Bonchev–Trinajstić information content (AvgIpc) is 2.36. The molecular formula is C14H29N3O2. The van der Waals surface area contributed by atoms with Crippen molar-refractivity contribution in [1.29, 1.82) is 0 Å². The van der Waals surface area contributed by atoms with Gasteiger partial charge in [0.1, 0.15) is 0 Å². The Morgan fingerprint density at radius 3 is 2.79 bits per heavy atom. The van der Waals surface area contributed by atoms with Crippen molar-refractivity contribution in [2.45, 2.75) is 44.6 Å². The molecule has 2 unspecified atom stereocenters. The van der Waals surface area contributed by atoms with E-state index in [4.69, 9.17) is 16.2 Å². The Morgan fingerprint density at radius 1 is 1.47 bits per heavy atom. The van der Waals surface area contributed by atoms with Gasteiger partial charge in [0.05, 0.1) is 12.1 Å². The van der Waals surface area contributed by atoms with Crippen LogP contribution < -0.4 is 11.5 Å². The van der Waals surface area contributed by atoms with Crippen LogP contribution in [0.4, 0.5) is 0 Å². The van der Waals surface area contributed by atoms with Gasteiger partial charge in [-0.3, -0.25) is 4.79 Å². The lowest BCUT2D eigenvalue weighted by molar-refractivity contribution is -0.122. The molecule has 1 aliphatic rings. The zero-order valence-corrected chi connectivity index (χ0v) is 12.4. The molecule has 1 amide bonds. The van der Waals surface area contributed by atoms with Gasteiger partial charge in [-0.15, -0.1) is 0 Å². The molecule has 2 atom stereocenters. The highest BCUT2D eigenvalue weighted by Crippen LogP contribution is 2.15. The first-order valence-electron chi connectivity index (χ1n) is 7.27. The number of carbonyl (C=O) groups is 1. The maximum Gasteiger partial charge on any atom is 0.237 e. The Balaban J connectivity index is 2.09. The third kappa shape index (κ3) is 6.36. The monoisotopic (exact) mass is 271 g/mol. The van der Waals surface area contributed by atoms with Gasteiger partial charge in [-0.1, -0.05) is 0 Å². The summed E-state index contributed by atoms with van der Waals surface area (Å²) in [6, 6.07) is 0. The summed E-state index contributed by atoms with van der Waals surface area (Å²) in [5.41, 5.74) is 10.2. The number of nitrogens with zero attached hydrogens (tertiary/aromatic N) is 1. The Labute approximate surface area is 116 Å². The van der Waals surface area contributed by atoms with Crippen LogP contribution in [0.25, 0.3) is 0 Å². The van der Waals surface area contributed by atoms with Crippen LogP contribution in [0.2, 0.25) is 0 Å². The highest BCUT2D eigenvalue weighted by atomic mass is 16.5. The summed E-state index contributed by atoms with van der Waals surface area (Å²) in [7, 11) is 2.14. The van der Waals surface area contributed by atoms with Gasteiger partial charge in [-0.05, 0) is 58.5 Å². The van der Waals surface area contributed by atoms with Crippen LogP contribution in [0.3, 0.4) is 0 Å². The van der Waals surface area contributed by atoms with Gasteiger partial charge in [-0.2, -0.15) is 0 Å². The Hall–Kier alpha value is -0.650. The normalized spacial score (nSPS) is 23.3. The van der Waals surface area contributed by atoms with Crippen molar-refractivity contribution in [3.05, 3.63) is 0 Å². The number of nitrogens with two attached hydrogens (primary N) is 2. The Morgan fingerprint density at radius 2 is 2.21 bits per heavy atom. The minimum absolute atomic E-state index is 0.416. The van der Waals surface area contributed by atoms with Crippen molar-refractivity contribution in [2.75, 3.05) is 33.4 Å². The lowest BCUT2D eigenvalue weighted by Gasteiger charge is -2.27. The van der Waals surface area contributed by atoms with E-state index in [-0.39, 0.29) is 0 Å². The van der Waals surface area contributed by atoms with E-state index in [9.17, 15) is 4.79 Å². The second-order valence-electron chi connectivity index (χ2n) is 6.08. The van der Waals surface area contributed by atoms with E-state index in [1.807, 2.05) is 0 Å². The van der Waals surface area contributed by atoms with Crippen molar-refractivity contribution in [3.63, 3.8) is 0 Å². The minimum Gasteiger partial charge on any atom is -0.381 e. The fraction of sp³-hybridized carbons (Fsp3) is 0.929. The highest BCUT2D eigenvalue weighted by molar-refractivity contribution is 5.83. The molecule has 0 aromatic heterocycles. The van der Waals surface area contributed by atoms with Gasteiger partial charge < -0.3 is 21.1 Å². The summed E-state index contributed by atoms with van der Waals surface area (Å²) in [5, 5.41) is 0. The number of hydrogen-bond donors (Lipinski definition) is 2. The molecular weight excluding hydrogens is 242 g/mol. The van der Waals surface area contributed by atoms with E-state index < -0.39 is 11.4 Å². The topological polar surface area (TPSA) is 81.6 Å². The molecule has 4 N–H and O–H groups in total. The van der Waals surface area contributed by atoms with E-state index in [1.54, 1.807) is 6.92 Å². The average molecular weight is 271 g/mol. The van der Waals surface area contributed by atoms with Gasteiger partial charge in [-0.25, -0.2) is 0 Å². The van der Waals surface area contributed by atoms with Crippen molar-refractivity contribution < 1.29 is 9.53 Å². The molecule has 5 heteroatoms. The standard InChI is InChI=1S/C14H29N3O2/c1-14(16,13(15)18)7-3-4-8-17(2)10-12-6-5-9-19-11-12/h12H,3-11,16H2,1-2H3,(H2,15,18). The maximum absolute atomic E-state index is 11.1. The van der Waals surface area contributed by atoms with Crippen molar-refractivity contribution in [3.8, 4) is 0 Å². The molecule has 0 aromatic rings. The summed E-state index contributed by atoms with van der Waals surface area (Å²) >= 11 is 0. The number of unbranched alkanes of at least 4 members (excludes halogenated alkanes) is 1. The molecule has 1 heterocycles. The highest BCUT2D eigenvalue weighted by Gasteiger charge is 2.24. The number of ether oxygens (including phenoxy) is 1.